The maximum Gasteiger partial charge on any atom is 0.514 e. The van der Waals surface area contributed by atoms with Gasteiger partial charge in [-0.3, -0.25) is 33.6 Å². The van der Waals surface area contributed by atoms with Crippen molar-refractivity contribution < 1.29 is 62.1 Å². The van der Waals surface area contributed by atoms with Gasteiger partial charge in [0.05, 0.1) is 12.7 Å². The Hall–Kier alpha value is -8.63. The standard InChI is InChI=1S/C66H81BrN8O13/c1-9-41(4)55-62(81)71-52(35-43-21-13-10-14-22-43)59(78)75-56(42(5)85-38-46-25-17-12-18-26-46)63(82)70-51(37-45-29-31-48(32-30-45)87-65(84)86-39-47-27-19-20-28-49(47)67)57(76)68-34-33-50(58(77)74-55)69-61(80)54(40(2)3)73-60(79)53(36-44-23-15-11-16-24-44)72-64(83)88-66(6,7)8/h10-32,40-42,50-56H,9,33-39H2,1-8H3,(H,68,76)(H,69,80)(H,70,82)(H,71,81)(H,72,83)(H,73,79)(H,74,77)(H,75,78)/t41-,42+,50-,51-,52-,53-,54-,55-,56-/m0/s1. The van der Waals surface area contributed by atoms with Crippen LogP contribution in [0.3, 0.4) is 0 Å². The van der Waals surface area contributed by atoms with Gasteiger partial charge in [0.1, 0.15) is 60.3 Å². The zero-order valence-corrected chi connectivity index (χ0v) is 52.5. The third-order valence-electron chi connectivity index (χ3n) is 14.5. The molecule has 0 saturated carbocycles. The monoisotopic (exact) mass is 1270 g/mol. The topological polar surface area (TPSA) is 287 Å². The molecule has 8 N–H and O–H groups in total. The zero-order valence-electron chi connectivity index (χ0n) is 50.9. The molecule has 1 heterocycles. The molecule has 1 aliphatic heterocycles. The van der Waals surface area contributed by atoms with Gasteiger partial charge in [0.2, 0.25) is 41.4 Å². The number of halogens is 1. The molecule has 0 unspecified atom stereocenters. The highest BCUT2D eigenvalue weighted by atomic mass is 79.9. The van der Waals surface area contributed by atoms with E-state index in [2.05, 4.69) is 58.5 Å². The number of benzene rings is 5. The summed E-state index contributed by atoms with van der Waals surface area (Å²) in [5.74, 6) is -6.43. The van der Waals surface area contributed by atoms with Gasteiger partial charge in [-0.05, 0) is 86.4 Å². The largest absolute Gasteiger partial charge is 0.514 e. The molecule has 5 aromatic carbocycles. The van der Waals surface area contributed by atoms with E-state index in [4.69, 9.17) is 18.9 Å². The number of hydrogen-bond acceptors (Lipinski definition) is 13. The van der Waals surface area contributed by atoms with E-state index in [0.717, 1.165) is 15.6 Å². The normalized spacial score (nSPS) is 19.3. The maximum absolute atomic E-state index is 14.9. The number of rotatable bonds is 21. The molecule has 0 spiro atoms. The van der Waals surface area contributed by atoms with Crippen molar-refractivity contribution in [1.82, 2.24) is 42.5 Å². The van der Waals surface area contributed by atoms with Crippen molar-refractivity contribution in [2.24, 2.45) is 11.8 Å². The lowest BCUT2D eigenvalue weighted by Crippen LogP contribution is -2.62. The second-order valence-corrected chi connectivity index (χ2v) is 23.9. The third-order valence-corrected chi connectivity index (χ3v) is 15.3. The van der Waals surface area contributed by atoms with Gasteiger partial charge in [0, 0.05) is 35.8 Å². The number of alkyl carbamates (subject to hydrolysis) is 1. The molecule has 470 valence electrons. The van der Waals surface area contributed by atoms with E-state index >= 15 is 0 Å². The van der Waals surface area contributed by atoms with Crippen molar-refractivity contribution in [3.8, 4) is 5.75 Å². The Morgan fingerprint density at radius 1 is 0.602 bits per heavy atom. The van der Waals surface area contributed by atoms with E-state index in [1.807, 2.05) is 49.4 Å². The van der Waals surface area contributed by atoms with E-state index < -0.39 is 119 Å². The highest BCUT2D eigenvalue weighted by Gasteiger charge is 2.38. The number of ether oxygens (including phenoxy) is 4. The summed E-state index contributed by atoms with van der Waals surface area (Å²) in [6, 6.07) is 30.9. The first kappa shape index (κ1) is 68.5. The lowest BCUT2D eigenvalue weighted by molar-refractivity contribution is -0.137. The molecule has 1 saturated heterocycles. The van der Waals surface area contributed by atoms with Crippen LogP contribution in [-0.4, -0.2) is 114 Å². The van der Waals surface area contributed by atoms with Crippen LogP contribution < -0.4 is 47.3 Å². The molecule has 5 aromatic rings. The predicted octanol–water partition coefficient (Wildman–Crippen LogP) is 6.82. The average molecular weight is 1270 g/mol. The Bertz CT molecular complexity index is 3150. The van der Waals surface area contributed by atoms with Crippen molar-refractivity contribution >= 4 is 69.5 Å². The lowest BCUT2D eigenvalue weighted by atomic mass is 9.96. The SMILES string of the molecule is CC[C@H](C)[C@@H]1NC(=O)[C@@H](NC(=O)[C@@H](NC(=O)[C@H](Cc2ccccc2)NC(=O)OC(C)(C)C)C(C)C)CCNC(=O)[C@H](Cc2ccc(OC(=O)OCc3ccccc3Br)cc2)NC(=O)[C@H]([C@@H](C)OCc2ccccc2)NC(=O)[C@H](Cc2ccccc2)NC1=O. The minimum Gasteiger partial charge on any atom is -0.444 e. The van der Waals surface area contributed by atoms with Gasteiger partial charge in [-0.15, -0.1) is 0 Å². The molecule has 21 nitrogen and oxygen atoms in total. The summed E-state index contributed by atoms with van der Waals surface area (Å²) in [5, 5.41) is 22.3. The van der Waals surface area contributed by atoms with Gasteiger partial charge in [-0.25, -0.2) is 9.59 Å². The van der Waals surface area contributed by atoms with E-state index in [1.165, 1.54) is 12.1 Å². The fourth-order valence-electron chi connectivity index (χ4n) is 9.39. The summed E-state index contributed by atoms with van der Waals surface area (Å²) < 4.78 is 23.2. The first-order valence-corrected chi connectivity index (χ1v) is 30.3. The van der Waals surface area contributed by atoms with Crippen molar-refractivity contribution in [3.63, 3.8) is 0 Å². The fourth-order valence-corrected chi connectivity index (χ4v) is 9.79. The fraction of sp³-hybridized carbons (Fsp3) is 0.409. The first-order chi connectivity index (χ1) is 42.0. The molecule has 0 aliphatic carbocycles. The highest BCUT2D eigenvalue weighted by molar-refractivity contribution is 9.10. The Balaban J connectivity index is 1.33. The summed E-state index contributed by atoms with van der Waals surface area (Å²) in [6.07, 6.45) is -2.94. The second kappa shape index (κ2) is 33.5. The molecule has 0 radical (unpaired) electrons. The molecule has 8 amide bonds. The molecule has 6 rings (SSSR count). The smallest absolute Gasteiger partial charge is 0.444 e. The summed E-state index contributed by atoms with van der Waals surface area (Å²) in [4.78, 5) is 129. The van der Waals surface area contributed by atoms with E-state index in [9.17, 15) is 43.2 Å². The Labute approximate surface area is 522 Å². The van der Waals surface area contributed by atoms with Crippen molar-refractivity contribution in [2.75, 3.05) is 6.54 Å². The maximum atomic E-state index is 14.9. The van der Waals surface area contributed by atoms with E-state index in [0.29, 0.717) is 23.1 Å². The number of amides is 8. The zero-order chi connectivity index (χ0) is 63.9. The van der Waals surface area contributed by atoms with Crippen molar-refractivity contribution in [3.05, 3.63) is 172 Å². The average Bonchev–Trinajstić information content (AvgIpc) is 3.62. The molecule has 9 atom stereocenters. The Morgan fingerprint density at radius 2 is 1.15 bits per heavy atom. The van der Waals surface area contributed by atoms with Crippen LogP contribution in [-0.2, 0) is 80.2 Å². The van der Waals surface area contributed by atoms with Gasteiger partial charge in [-0.2, -0.15) is 0 Å². The molecule has 0 aromatic heterocycles. The van der Waals surface area contributed by atoms with Gasteiger partial charge in [0.25, 0.3) is 0 Å². The van der Waals surface area contributed by atoms with Gasteiger partial charge in [0.15, 0.2) is 0 Å². The van der Waals surface area contributed by atoms with Crippen LogP contribution in [0.25, 0.3) is 0 Å². The number of carbonyl (C=O) groups is 9. The molecule has 22 heteroatoms. The number of nitrogens with one attached hydrogen (secondary N) is 8. The minimum absolute atomic E-state index is 0.0312. The minimum atomic E-state index is -1.47. The molecule has 88 heavy (non-hydrogen) atoms. The summed E-state index contributed by atoms with van der Waals surface area (Å²) in [6.45, 7) is 13.2. The molecular weight excluding hydrogens is 1190 g/mol. The van der Waals surface area contributed by atoms with Crippen LogP contribution in [0.1, 0.15) is 96.0 Å². The van der Waals surface area contributed by atoms with Crippen LogP contribution in [0.15, 0.2) is 144 Å². The number of carbonyl (C=O) groups excluding carboxylic acids is 9. The summed E-state index contributed by atoms with van der Waals surface area (Å²) in [5.41, 5.74) is 2.45. The third kappa shape index (κ3) is 22.0. The molecular formula is C66H81BrN8O13. The highest BCUT2D eigenvalue weighted by Crippen LogP contribution is 2.20. The van der Waals surface area contributed by atoms with Gasteiger partial charge in [-0.1, -0.05) is 171 Å². The van der Waals surface area contributed by atoms with Crippen molar-refractivity contribution in [2.45, 2.75) is 155 Å². The van der Waals surface area contributed by atoms with E-state index in [-0.39, 0.29) is 51.2 Å². The molecule has 1 fully saturated rings. The summed E-state index contributed by atoms with van der Waals surface area (Å²) in [7, 11) is 0. The Morgan fingerprint density at radius 3 is 1.74 bits per heavy atom. The quantitative estimate of drug-likeness (QED) is 0.0277. The van der Waals surface area contributed by atoms with Crippen LogP contribution in [0.2, 0.25) is 0 Å². The van der Waals surface area contributed by atoms with Crippen molar-refractivity contribution in [1.29, 1.82) is 0 Å². The Kier molecular flexibility index (Phi) is 26.1. The molecule has 1 aliphatic rings. The second-order valence-electron chi connectivity index (χ2n) is 23.0. The number of hydrogen-bond donors (Lipinski definition) is 8. The van der Waals surface area contributed by atoms with Crippen LogP contribution in [0, 0.1) is 11.8 Å². The van der Waals surface area contributed by atoms with E-state index in [1.54, 1.807) is 133 Å². The predicted molar refractivity (Wildman–Crippen MR) is 333 cm³/mol. The van der Waals surface area contributed by atoms with Crippen LogP contribution >= 0.6 is 15.9 Å². The summed E-state index contributed by atoms with van der Waals surface area (Å²) >= 11 is 3.43. The van der Waals surface area contributed by atoms with Crippen LogP contribution in [0.4, 0.5) is 9.59 Å². The molecule has 0 bridgehead atoms. The van der Waals surface area contributed by atoms with Crippen LogP contribution in [0.5, 0.6) is 5.75 Å². The lowest BCUT2D eigenvalue weighted by Gasteiger charge is -2.30. The van der Waals surface area contributed by atoms with Gasteiger partial charge >= 0.3 is 12.2 Å². The van der Waals surface area contributed by atoms with Gasteiger partial charge < -0.3 is 61.5 Å². The first-order valence-electron chi connectivity index (χ1n) is 29.5.